The SMILES string of the molecule is CC(C)c1ccc(C2(O)CCC(CCc3ccccc3)CC2CN(C)C)cc1. The molecule has 1 aliphatic rings. The molecule has 0 bridgehead atoms. The van der Waals surface area contributed by atoms with Gasteiger partial charge in [0.25, 0.3) is 0 Å². The predicted octanol–water partition coefficient (Wildman–Crippen LogP) is 5.61. The summed E-state index contributed by atoms with van der Waals surface area (Å²) in [6, 6.07) is 19.5. The number of benzene rings is 2. The number of hydrogen-bond acceptors (Lipinski definition) is 2. The van der Waals surface area contributed by atoms with Gasteiger partial charge in [0.15, 0.2) is 0 Å². The molecule has 3 unspecified atom stereocenters. The van der Waals surface area contributed by atoms with Gasteiger partial charge in [-0.3, -0.25) is 0 Å². The molecule has 0 heterocycles. The number of hydrogen-bond donors (Lipinski definition) is 1. The summed E-state index contributed by atoms with van der Waals surface area (Å²) in [5.74, 6) is 1.50. The van der Waals surface area contributed by atoms with Gasteiger partial charge in [0.05, 0.1) is 5.60 Å². The lowest BCUT2D eigenvalue weighted by atomic mass is 9.66. The fourth-order valence-corrected chi connectivity index (χ4v) is 4.82. The maximum Gasteiger partial charge on any atom is 0.0936 e. The fourth-order valence-electron chi connectivity index (χ4n) is 4.82. The Balaban J connectivity index is 1.72. The van der Waals surface area contributed by atoms with Crippen LogP contribution in [0.15, 0.2) is 54.6 Å². The first kappa shape index (κ1) is 21.1. The third kappa shape index (κ3) is 5.04. The Morgan fingerprint density at radius 2 is 1.71 bits per heavy atom. The van der Waals surface area contributed by atoms with Crippen LogP contribution in [0.2, 0.25) is 0 Å². The van der Waals surface area contributed by atoms with Gasteiger partial charge in [-0.05, 0) is 74.7 Å². The van der Waals surface area contributed by atoms with Crippen LogP contribution in [-0.2, 0) is 12.0 Å². The summed E-state index contributed by atoms with van der Waals surface area (Å²) in [7, 11) is 4.24. The highest BCUT2D eigenvalue weighted by Crippen LogP contribution is 2.45. The van der Waals surface area contributed by atoms with Crippen molar-refractivity contribution in [2.24, 2.45) is 11.8 Å². The molecule has 28 heavy (non-hydrogen) atoms. The van der Waals surface area contributed by atoms with E-state index in [1.807, 2.05) is 0 Å². The summed E-state index contributed by atoms with van der Waals surface area (Å²) in [6.07, 6.45) is 5.44. The second-order valence-corrected chi connectivity index (χ2v) is 9.32. The van der Waals surface area contributed by atoms with E-state index >= 15 is 0 Å². The molecule has 0 aromatic heterocycles. The summed E-state index contributed by atoms with van der Waals surface area (Å²) in [5.41, 5.74) is 3.17. The van der Waals surface area contributed by atoms with Crippen molar-refractivity contribution < 1.29 is 5.11 Å². The van der Waals surface area contributed by atoms with E-state index in [1.165, 1.54) is 17.5 Å². The molecule has 152 valence electrons. The van der Waals surface area contributed by atoms with E-state index < -0.39 is 5.60 Å². The first-order valence-electron chi connectivity index (χ1n) is 10.9. The Morgan fingerprint density at radius 3 is 2.32 bits per heavy atom. The number of aryl methyl sites for hydroxylation is 1. The highest BCUT2D eigenvalue weighted by Gasteiger charge is 2.43. The molecule has 1 aliphatic carbocycles. The molecule has 0 radical (unpaired) electrons. The van der Waals surface area contributed by atoms with Crippen molar-refractivity contribution in [2.45, 2.75) is 57.5 Å². The molecular weight excluding hydrogens is 342 g/mol. The lowest BCUT2D eigenvalue weighted by Crippen LogP contribution is -2.45. The number of rotatable bonds is 7. The zero-order valence-corrected chi connectivity index (χ0v) is 18.1. The van der Waals surface area contributed by atoms with Crippen molar-refractivity contribution in [3.05, 3.63) is 71.3 Å². The summed E-state index contributed by atoms with van der Waals surface area (Å²) in [6.45, 7) is 5.37. The minimum absolute atomic E-state index is 0.280. The topological polar surface area (TPSA) is 23.5 Å². The molecule has 2 nitrogen and oxygen atoms in total. The third-order valence-corrected chi connectivity index (χ3v) is 6.57. The smallest absolute Gasteiger partial charge is 0.0936 e. The number of nitrogens with zero attached hydrogens (tertiary/aromatic N) is 1. The van der Waals surface area contributed by atoms with Gasteiger partial charge in [0.1, 0.15) is 0 Å². The van der Waals surface area contributed by atoms with Crippen molar-refractivity contribution in [1.82, 2.24) is 4.90 Å². The zero-order chi connectivity index (χ0) is 20.1. The molecule has 3 atom stereocenters. The molecule has 1 saturated carbocycles. The van der Waals surface area contributed by atoms with Gasteiger partial charge in [-0.2, -0.15) is 0 Å². The lowest BCUT2D eigenvalue weighted by molar-refractivity contribution is -0.0760. The Kier molecular flexibility index (Phi) is 6.95. The highest BCUT2D eigenvalue weighted by atomic mass is 16.3. The molecule has 2 aromatic carbocycles. The summed E-state index contributed by atoms with van der Waals surface area (Å²) in [4.78, 5) is 2.23. The first-order valence-corrected chi connectivity index (χ1v) is 10.9. The lowest BCUT2D eigenvalue weighted by Gasteiger charge is -2.45. The van der Waals surface area contributed by atoms with Gasteiger partial charge in [-0.25, -0.2) is 0 Å². The maximum absolute atomic E-state index is 11.8. The van der Waals surface area contributed by atoms with E-state index in [-0.39, 0.29) is 5.92 Å². The average molecular weight is 380 g/mol. The molecule has 2 aromatic rings. The van der Waals surface area contributed by atoms with Crippen LogP contribution in [0.5, 0.6) is 0 Å². The van der Waals surface area contributed by atoms with Crippen LogP contribution in [0.1, 0.15) is 62.1 Å². The van der Waals surface area contributed by atoms with Crippen LogP contribution in [0.3, 0.4) is 0 Å². The summed E-state index contributed by atoms with van der Waals surface area (Å²) >= 11 is 0. The molecule has 1 fully saturated rings. The second-order valence-electron chi connectivity index (χ2n) is 9.32. The van der Waals surface area contributed by atoms with Crippen LogP contribution in [0.25, 0.3) is 0 Å². The van der Waals surface area contributed by atoms with E-state index in [0.29, 0.717) is 11.8 Å². The van der Waals surface area contributed by atoms with Crippen LogP contribution in [-0.4, -0.2) is 30.6 Å². The largest absolute Gasteiger partial charge is 0.385 e. The Hall–Kier alpha value is -1.64. The van der Waals surface area contributed by atoms with Crippen LogP contribution < -0.4 is 0 Å². The van der Waals surface area contributed by atoms with E-state index in [2.05, 4.69) is 87.4 Å². The van der Waals surface area contributed by atoms with Crippen molar-refractivity contribution in [1.29, 1.82) is 0 Å². The number of aliphatic hydroxyl groups is 1. The van der Waals surface area contributed by atoms with E-state index in [1.54, 1.807) is 0 Å². The molecule has 0 aliphatic heterocycles. The summed E-state index contributed by atoms with van der Waals surface area (Å²) < 4.78 is 0. The Labute approximate surface area is 171 Å². The molecule has 0 saturated heterocycles. The summed E-state index contributed by atoms with van der Waals surface area (Å²) in [5, 5.41) is 11.8. The molecule has 2 heteroatoms. The molecule has 1 N–H and O–H groups in total. The van der Waals surface area contributed by atoms with Gasteiger partial charge >= 0.3 is 0 Å². The first-order chi connectivity index (χ1) is 13.4. The third-order valence-electron chi connectivity index (χ3n) is 6.57. The van der Waals surface area contributed by atoms with Crippen molar-refractivity contribution in [3.8, 4) is 0 Å². The molecular formula is C26H37NO. The normalized spacial score (nSPS) is 25.4. The fraction of sp³-hybridized carbons (Fsp3) is 0.538. The van der Waals surface area contributed by atoms with Gasteiger partial charge in [-0.15, -0.1) is 0 Å². The minimum atomic E-state index is -0.705. The zero-order valence-electron chi connectivity index (χ0n) is 18.1. The monoisotopic (exact) mass is 379 g/mol. The molecule has 0 amide bonds. The van der Waals surface area contributed by atoms with E-state index in [0.717, 1.165) is 37.8 Å². The highest BCUT2D eigenvalue weighted by molar-refractivity contribution is 5.30. The van der Waals surface area contributed by atoms with Crippen molar-refractivity contribution in [3.63, 3.8) is 0 Å². The Morgan fingerprint density at radius 1 is 1.04 bits per heavy atom. The average Bonchev–Trinajstić information content (AvgIpc) is 2.69. The molecule has 0 spiro atoms. The second kappa shape index (κ2) is 9.24. The van der Waals surface area contributed by atoms with Gasteiger partial charge in [-0.1, -0.05) is 68.4 Å². The van der Waals surface area contributed by atoms with Crippen LogP contribution in [0, 0.1) is 11.8 Å². The molecule has 3 rings (SSSR count). The van der Waals surface area contributed by atoms with Crippen LogP contribution in [0.4, 0.5) is 0 Å². The predicted molar refractivity (Wildman–Crippen MR) is 119 cm³/mol. The quantitative estimate of drug-likeness (QED) is 0.676. The Bertz CT molecular complexity index is 722. The standard InChI is InChI=1S/C26H37NO/c1-20(2)23-12-14-24(15-13-23)26(28)17-16-22(18-25(26)19-27(3)4)11-10-21-8-6-5-7-9-21/h5-9,12-15,20,22,25,28H,10-11,16-19H2,1-4H3. The van der Waals surface area contributed by atoms with Gasteiger partial charge in [0.2, 0.25) is 0 Å². The maximum atomic E-state index is 11.8. The van der Waals surface area contributed by atoms with Gasteiger partial charge in [0, 0.05) is 12.5 Å². The van der Waals surface area contributed by atoms with Crippen molar-refractivity contribution >= 4 is 0 Å². The van der Waals surface area contributed by atoms with E-state index in [4.69, 9.17) is 0 Å². The van der Waals surface area contributed by atoms with Gasteiger partial charge < -0.3 is 10.0 Å². The van der Waals surface area contributed by atoms with E-state index in [9.17, 15) is 5.11 Å². The van der Waals surface area contributed by atoms with Crippen molar-refractivity contribution in [2.75, 3.05) is 20.6 Å². The van der Waals surface area contributed by atoms with Crippen LogP contribution >= 0.6 is 0 Å². The minimum Gasteiger partial charge on any atom is -0.385 e.